The number of aryl methyl sites for hydroxylation is 2. The maximum absolute atomic E-state index is 5.62. The summed E-state index contributed by atoms with van der Waals surface area (Å²) in [6.07, 6.45) is 3.81. The van der Waals surface area contributed by atoms with Crippen LogP contribution >= 0.6 is 22.7 Å². The van der Waals surface area contributed by atoms with Crippen molar-refractivity contribution in [3.05, 3.63) is 21.9 Å². The topological polar surface area (TPSA) is 38.9 Å². The van der Waals surface area contributed by atoms with E-state index in [1.54, 1.807) is 4.88 Å². The lowest BCUT2D eigenvalue weighted by Gasteiger charge is -1.89. The summed E-state index contributed by atoms with van der Waals surface area (Å²) in [5, 5.41) is 2.70. The SMILES string of the molecule is Nc1nc(-c2cc3c(s2)CCC3)cs1. The van der Waals surface area contributed by atoms with Crippen molar-refractivity contribution in [2.45, 2.75) is 19.3 Å². The van der Waals surface area contributed by atoms with Crippen LogP contribution in [0.5, 0.6) is 0 Å². The van der Waals surface area contributed by atoms with Crippen LogP contribution in [0.2, 0.25) is 0 Å². The Morgan fingerprint density at radius 1 is 1.36 bits per heavy atom. The first kappa shape index (κ1) is 8.44. The van der Waals surface area contributed by atoms with Gasteiger partial charge in [-0.1, -0.05) is 0 Å². The van der Waals surface area contributed by atoms with Crippen LogP contribution < -0.4 is 5.73 Å². The molecule has 4 heteroatoms. The fraction of sp³-hybridized carbons (Fsp3) is 0.300. The lowest BCUT2D eigenvalue weighted by Crippen LogP contribution is -1.81. The molecule has 0 aromatic carbocycles. The molecule has 0 aliphatic heterocycles. The van der Waals surface area contributed by atoms with Gasteiger partial charge in [-0.15, -0.1) is 22.7 Å². The van der Waals surface area contributed by atoms with Gasteiger partial charge >= 0.3 is 0 Å². The van der Waals surface area contributed by atoms with Crippen molar-refractivity contribution in [1.82, 2.24) is 4.98 Å². The van der Waals surface area contributed by atoms with Crippen molar-refractivity contribution in [3.63, 3.8) is 0 Å². The number of anilines is 1. The van der Waals surface area contributed by atoms with E-state index in [1.165, 1.54) is 41.0 Å². The Balaban J connectivity index is 2.05. The van der Waals surface area contributed by atoms with Gasteiger partial charge in [0.25, 0.3) is 0 Å². The summed E-state index contributed by atoms with van der Waals surface area (Å²) in [5.74, 6) is 0. The van der Waals surface area contributed by atoms with Crippen LogP contribution in [-0.2, 0) is 12.8 Å². The molecule has 1 aliphatic carbocycles. The summed E-state index contributed by atoms with van der Waals surface area (Å²) in [6, 6.07) is 2.28. The molecule has 0 saturated heterocycles. The lowest BCUT2D eigenvalue weighted by atomic mass is 10.2. The maximum Gasteiger partial charge on any atom is 0.180 e. The van der Waals surface area contributed by atoms with Gasteiger partial charge in [-0.25, -0.2) is 4.98 Å². The highest BCUT2D eigenvalue weighted by atomic mass is 32.1. The minimum absolute atomic E-state index is 0.661. The van der Waals surface area contributed by atoms with Crippen molar-refractivity contribution in [3.8, 4) is 10.6 Å². The van der Waals surface area contributed by atoms with Gasteiger partial charge in [0.05, 0.1) is 10.6 Å². The van der Waals surface area contributed by atoms with Crippen LogP contribution in [0.1, 0.15) is 16.9 Å². The molecule has 3 rings (SSSR count). The highest BCUT2D eigenvalue weighted by molar-refractivity contribution is 7.17. The van der Waals surface area contributed by atoms with Crippen LogP contribution in [0.3, 0.4) is 0 Å². The average Bonchev–Trinajstić information content (AvgIpc) is 2.75. The molecule has 0 saturated carbocycles. The van der Waals surface area contributed by atoms with E-state index in [4.69, 9.17) is 5.73 Å². The van der Waals surface area contributed by atoms with Crippen molar-refractivity contribution in [1.29, 1.82) is 0 Å². The van der Waals surface area contributed by atoms with E-state index in [0.29, 0.717) is 5.13 Å². The zero-order chi connectivity index (χ0) is 9.54. The van der Waals surface area contributed by atoms with E-state index in [1.807, 2.05) is 16.7 Å². The number of aromatic nitrogens is 1. The predicted octanol–water partition coefficient (Wildman–Crippen LogP) is 2.94. The Labute approximate surface area is 90.4 Å². The first-order valence-corrected chi connectivity index (χ1v) is 6.35. The standard InChI is InChI=1S/C10H10N2S2/c11-10-12-7(5-13-10)9-4-6-2-1-3-8(6)14-9/h4-5H,1-3H2,(H2,11,12). The van der Waals surface area contributed by atoms with Gasteiger partial charge in [0.2, 0.25) is 0 Å². The Bertz CT molecular complexity index is 449. The Morgan fingerprint density at radius 3 is 3.00 bits per heavy atom. The molecular weight excluding hydrogens is 212 g/mol. The molecule has 2 aromatic heterocycles. The molecule has 0 radical (unpaired) electrons. The number of hydrogen-bond donors (Lipinski definition) is 1. The fourth-order valence-corrected chi connectivity index (χ4v) is 3.71. The minimum atomic E-state index is 0.661. The van der Waals surface area contributed by atoms with Gasteiger partial charge in [0, 0.05) is 10.3 Å². The molecule has 2 N–H and O–H groups in total. The molecule has 0 atom stereocenters. The van der Waals surface area contributed by atoms with Gasteiger partial charge in [0.1, 0.15) is 0 Å². The number of nitrogens with two attached hydrogens (primary N) is 1. The van der Waals surface area contributed by atoms with E-state index in [2.05, 4.69) is 11.1 Å². The average molecular weight is 222 g/mol. The number of hydrogen-bond acceptors (Lipinski definition) is 4. The first-order chi connectivity index (χ1) is 6.83. The molecule has 2 aromatic rings. The zero-order valence-electron chi connectivity index (χ0n) is 7.62. The predicted molar refractivity (Wildman–Crippen MR) is 61.9 cm³/mol. The first-order valence-electron chi connectivity index (χ1n) is 4.66. The van der Waals surface area contributed by atoms with Gasteiger partial charge < -0.3 is 5.73 Å². The Morgan fingerprint density at radius 2 is 2.29 bits per heavy atom. The summed E-state index contributed by atoms with van der Waals surface area (Å²) < 4.78 is 0. The molecule has 0 bridgehead atoms. The molecule has 0 fully saturated rings. The second-order valence-corrected chi connectivity index (χ2v) is 5.51. The summed E-state index contributed by atoms with van der Waals surface area (Å²) in [6.45, 7) is 0. The molecule has 2 nitrogen and oxygen atoms in total. The second kappa shape index (κ2) is 3.07. The van der Waals surface area contributed by atoms with Crippen LogP contribution in [0, 0.1) is 0 Å². The highest BCUT2D eigenvalue weighted by Crippen LogP contribution is 2.36. The van der Waals surface area contributed by atoms with Crippen LogP contribution in [0.15, 0.2) is 11.4 Å². The Kier molecular flexibility index (Phi) is 1.85. The Hall–Kier alpha value is -0.870. The van der Waals surface area contributed by atoms with Crippen LogP contribution in [-0.4, -0.2) is 4.98 Å². The zero-order valence-corrected chi connectivity index (χ0v) is 9.25. The number of fused-ring (bicyclic) bond motifs is 1. The number of nitrogen functional groups attached to an aromatic ring is 1. The third-order valence-corrected chi connectivity index (χ3v) is 4.45. The summed E-state index contributed by atoms with van der Waals surface area (Å²) in [4.78, 5) is 7.13. The van der Waals surface area contributed by atoms with Gasteiger partial charge in [-0.3, -0.25) is 0 Å². The van der Waals surface area contributed by atoms with Gasteiger partial charge in [-0.05, 0) is 30.9 Å². The van der Waals surface area contributed by atoms with Crippen molar-refractivity contribution in [2.24, 2.45) is 0 Å². The van der Waals surface area contributed by atoms with E-state index < -0.39 is 0 Å². The summed E-state index contributed by atoms with van der Waals surface area (Å²) >= 11 is 3.39. The molecule has 14 heavy (non-hydrogen) atoms. The smallest absolute Gasteiger partial charge is 0.180 e. The molecule has 72 valence electrons. The van der Waals surface area contributed by atoms with E-state index in [-0.39, 0.29) is 0 Å². The second-order valence-electron chi connectivity index (χ2n) is 3.48. The number of thiazole rings is 1. The largest absolute Gasteiger partial charge is 0.375 e. The highest BCUT2D eigenvalue weighted by Gasteiger charge is 2.16. The van der Waals surface area contributed by atoms with Crippen molar-refractivity contribution >= 4 is 27.8 Å². The molecule has 0 spiro atoms. The molecule has 2 heterocycles. The van der Waals surface area contributed by atoms with Crippen LogP contribution in [0.25, 0.3) is 10.6 Å². The monoisotopic (exact) mass is 222 g/mol. The van der Waals surface area contributed by atoms with E-state index in [0.717, 1.165) is 5.69 Å². The van der Waals surface area contributed by atoms with Gasteiger partial charge in [-0.2, -0.15) is 0 Å². The van der Waals surface area contributed by atoms with Gasteiger partial charge in [0.15, 0.2) is 5.13 Å². The fourth-order valence-electron chi connectivity index (χ4n) is 1.86. The third kappa shape index (κ3) is 1.26. The van der Waals surface area contributed by atoms with Crippen LogP contribution in [0.4, 0.5) is 5.13 Å². The minimum Gasteiger partial charge on any atom is -0.375 e. The van der Waals surface area contributed by atoms with Crippen molar-refractivity contribution < 1.29 is 0 Å². The molecular formula is C10H10N2S2. The van der Waals surface area contributed by atoms with E-state index >= 15 is 0 Å². The molecule has 0 amide bonds. The number of rotatable bonds is 1. The van der Waals surface area contributed by atoms with E-state index in [9.17, 15) is 0 Å². The quantitative estimate of drug-likeness (QED) is 0.805. The number of thiophene rings is 1. The molecule has 1 aliphatic rings. The summed E-state index contributed by atoms with van der Waals surface area (Å²) in [5.41, 5.74) is 8.19. The molecule has 0 unspecified atom stereocenters. The number of nitrogens with zero attached hydrogens (tertiary/aromatic N) is 1. The third-order valence-electron chi connectivity index (χ3n) is 2.52. The lowest BCUT2D eigenvalue weighted by molar-refractivity contribution is 0.915. The normalized spacial score (nSPS) is 14.6. The van der Waals surface area contributed by atoms with Crippen molar-refractivity contribution in [2.75, 3.05) is 5.73 Å². The maximum atomic E-state index is 5.62. The summed E-state index contributed by atoms with van der Waals surface area (Å²) in [7, 11) is 0.